The molecule has 4 unspecified atom stereocenters. The van der Waals surface area contributed by atoms with Gasteiger partial charge in [0.25, 0.3) is 0 Å². The molecule has 0 spiro atoms. The molecule has 2 bridgehead atoms. The molecule has 32 heavy (non-hydrogen) atoms. The summed E-state index contributed by atoms with van der Waals surface area (Å²) in [7, 11) is 0. The molecule has 166 valence electrons. The van der Waals surface area contributed by atoms with E-state index in [0.717, 1.165) is 5.56 Å². The molecule has 1 fully saturated rings. The molecule has 2 aromatic carbocycles. The molecule has 0 aliphatic heterocycles. The summed E-state index contributed by atoms with van der Waals surface area (Å²) >= 11 is 0. The first-order chi connectivity index (χ1) is 15.3. The fraction of sp³-hybridized carbons (Fsp3) is 0.304. The Morgan fingerprint density at radius 3 is 2.12 bits per heavy atom. The minimum atomic E-state index is -1.31. The molecule has 3 aliphatic rings. The zero-order valence-corrected chi connectivity index (χ0v) is 16.8. The van der Waals surface area contributed by atoms with Crippen LogP contribution in [0.2, 0.25) is 0 Å². The van der Waals surface area contributed by atoms with Crippen LogP contribution in [0.1, 0.15) is 34.9 Å². The molecule has 4 atom stereocenters. The van der Waals surface area contributed by atoms with Gasteiger partial charge in [0.2, 0.25) is 0 Å². The van der Waals surface area contributed by atoms with Crippen molar-refractivity contribution in [3.05, 3.63) is 59.2 Å². The topological polar surface area (TPSA) is 147 Å². The van der Waals surface area contributed by atoms with Crippen LogP contribution in [0.15, 0.2) is 42.5 Å². The monoisotopic (exact) mass is 440 g/mol. The number of benzene rings is 2. The number of carbonyl (C=O) groups is 4. The minimum absolute atomic E-state index is 0.0227. The number of rotatable bonds is 8. The number of ketones is 1. The second kappa shape index (κ2) is 8.33. The smallest absolute Gasteiger partial charge is 0.341 e. The number of carboxylic acid groups (broad SMARTS) is 3. The van der Waals surface area contributed by atoms with Crippen molar-refractivity contribution in [2.24, 2.45) is 11.8 Å². The first-order valence-electron chi connectivity index (χ1n) is 9.94. The maximum absolute atomic E-state index is 12.6. The highest BCUT2D eigenvalue weighted by atomic mass is 16.5. The third kappa shape index (κ3) is 3.89. The number of Topliss-reactive ketones (excluding diaryl/α,β-unsaturated/α-hetero) is 1. The first kappa shape index (κ1) is 21.4. The number of hydrogen-bond acceptors (Lipinski definition) is 6. The summed E-state index contributed by atoms with van der Waals surface area (Å²) in [6.45, 7) is -0.258. The second-order valence-corrected chi connectivity index (χ2v) is 7.89. The Hall–Kier alpha value is -3.88. The van der Waals surface area contributed by atoms with Gasteiger partial charge in [-0.15, -0.1) is 0 Å². The van der Waals surface area contributed by atoms with Crippen LogP contribution in [-0.2, 0) is 25.8 Å². The van der Waals surface area contributed by atoms with Gasteiger partial charge in [-0.05, 0) is 41.0 Å². The van der Waals surface area contributed by atoms with Crippen molar-refractivity contribution in [1.29, 1.82) is 0 Å². The van der Waals surface area contributed by atoms with Crippen LogP contribution in [0, 0.1) is 11.8 Å². The SMILES string of the molecule is O=C(O)COc1ccc(COc2ccc3c(c2)C2C(=O)CC3C(C(=O)O)C2C(=O)O)cc1. The van der Waals surface area contributed by atoms with Crippen LogP contribution in [0.5, 0.6) is 11.5 Å². The highest BCUT2D eigenvalue weighted by Crippen LogP contribution is 2.54. The predicted octanol–water partition coefficient (Wildman–Crippen LogP) is 2.28. The third-order valence-electron chi connectivity index (χ3n) is 6.00. The number of aliphatic carboxylic acids is 3. The lowest BCUT2D eigenvalue weighted by molar-refractivity contribution is -0.160. The highest BCUT2D eigenvalue weighted by molar-refractivity contribution is 5.98. The third-order valence-corrected chi connectivity index (χ3v) is 6.00. The molecular formula is C23H20O9. The van der Waals surface area contributed by atoms with Crippen molar-refractivity contribution >= 4 is 23.7 Å². The summed E-state index contributed by atoms with van der Waals surface area (Å²) in [6.07, 6.45) is 0.0227. The van der Waals surface area contributed by atoms with E-state index in [9.17, 15) is 29.4 Å². The summed E-state index contributed by atoms with van der Waals surface area (Å²) in [5.74, 6) is -7.12. The van der Waals surface area contributed by atoms with Gasteiger partial charge >= 0.3 is 17.9 Å². The molecule has 0 radical (unpaired) electrons. The summed E-state index contributed by atoms with van der Waals surface area (Å²) in [4.78, 5) is 46.7. The average Bonchev–Trinajstić information content (AvgIpc) is 2.76. The van der Waals surface area contributed by atoms with Gasteiger partial charge in [-0.2, -0.15) is 0 Å². The number of ether oxygens (including phenoxy) is 2. The van der Waals surface area contributed by atoms with Crippen molar-refractivity contribution in [2.45, 2.75) is 24.9 Å². The lowest BCUT2D eigenvalue weighted by atomic mass is 9.55. The number of fused-ring (bicyclic) bond motifs is 2. The van der Waals surface area contributed by atoms with E-state index in [1.807, 2.05) is 0 Å². The molecule has 1 saturated carbocycles. The van der Waals surface area contributed by atoms with Crippen molar-refractivity contribution in [1.82, 2.24) is 0 Å². The van der Waals surface area contributed by atoms with Crippen LogP contribution in [0.3, 0.4) is 0 Å². The maximum atomic E-state index is 12.6. The fourth-order valence-electron chi connectivity index (χ4n) is 4.66. The van der Waals surface area contributed by atoms with Crippen molar-refractivity contribution < 1.29 is 44.0 Å². The minimum Gasteiger partial charge on any atom is -0.489 e. The van der Waals surface area contributed by atoms with Gasteiger partial charge in [0.1, 0.15) is 23.9 Å². The Balaban J connectivity index is 1.53. The first-order valence-corrected chi connectivity index (χ1v) is 9.94. The lowest BCUT2D eigenvalue weighted by Crippen LogP contribution is -2.49. The van der Waals surface area contributed by atoms with Crippen LogP contribution in [-0.4, -0.2) is 45.6 Å². The summed E-state index contributed by atoms with van der Waals surface area (Å²) < 4.78 is 10.9. The molecule has 3 N–H and O–H groups in total. The standard InChI is InChI=1S/C23H20O9/c24-17-8-16-14-6-5-13(7-15(14)19(17)21(23(29)30)20(16)22(27)28)31-9-11-1-3-12(4-2-11)32-10-18(25)26/h1-7,16,19-21H,8-10H2,(H,25,26)(H,27,28)(H,29,30). The molecule has 2 aromatic rings. The molecule has 0 saturated heterocycles. The van der Waals surface area contributed by atoms with E-state index >= 15 is 0 Å². The quantitative estimate of drug-likeness (QED) is 0.562. The largest absolute Gasteiger partial charge is 0.489 e. The van der Waals surface area contributed by atoms with Crippen molar-refractivity contribution in [3.8, 4) is 11.5 Å². The molecular weight excluding hydrogens is 420 g/mol. The maximum Gasteiger partial charge on any atom is 0.341 e. The Kier molecular flexibility index (Phi) is 5.56. The Morgan fingerprint density at radius 2 is 1.50 bits per heavy atom. The molecule has 3 aliphatic carbocycles. The van der Waals surface area contributed by atoms with Gasteiger partial charge in [-0.3, -0.25) is 14.4 Å². The zero-order chi connectivity index (χ0) is 23.0. The van der Waals surface area contributed by atoms with E-state index < -0.39 is 48.2 Å². The summed E-state index contributed by atoms with van der Waals surface area (Å²) in [5, 5.41) is 27.9. The summed E-state index contributed by atoms with van der Waals surface area (Å²) in [5.41, 5.74) is 2.00. The molecule has 0 aromatic heterocycles. The van der Waals surface area contributed by atoms with E-state index in [4.69, 9.17) is 14.6 Å². The van der Waals surface area contributed by atoms with Gasteiger partial charge in [0.05, 0.1) is 17.8 Å². The lowest BCUT2D eigenvalue weighted by Gasteiger charge is -2.45. The average molecular weight is 440 g/mol. The van der Waals surface area contributed by atoms with Crippen molar-refractivity contribution in [3.63, 3.8) is 0 Å². The van der Waals surface area contributed by atoms with Crippen LogP contribution in [0.4, 0.5) is 0 Å². The zero-order valence-electron chi connectivity index (χ0n) is 16.8. The Bertz CT molecular complexity index is 1090. The highest BCUT2D eigenvalue weighted by Gasteiger charge is 2.57. The van der Waals surface area contributed by atoms with E-state index in [1.165, 1.54) is 0 Å². The Morgan fingerprint density at radius 1 is 0.844 bits per heavy atom. The molecule has 5 rings (SSSR count). The van der Waals surface area contributed by atoms with Gasteiger partial charge < -0.3 is 24.8 Å². The second-order valence-electron chi connectivity index (χ2n) is 7.89. The van der Waals surface area contributed by atoms with Crippen LogP contribution in [0.25, 0.3) is 0 Å². The van der Waals surface area contributed by atoms with Crippen molar-refractivity contribution in [2.75, 3.05) is 6.61 Å². The van der Waals surface area contributed by atoms with Crippen LogP contribution >= 0.6 is 0 Å². The van der Waals surface area contributed by atoms with E-state index in [-0.39, 0.29) is 18.8 Å². The van der Waals surface area contributed by atoms with E-state index in [0.29, 0.717) is 22.6 Å². The molecule has 0 amide bonds. The van der Waals surface area contributed by atoms with Gasteiger partial charge in [-0.25, -0.2) is 4.79 Å². The van der Waals surface area contributed by atoms with E-state index in [1.54, 1.807) is 42.5 Å². The number of carboxylic acids is 3. The Labute approximate surface area is 182 Å². The number of hydrogen-bond donors (Lipinski definition) is 3. The van der Waals surface area contributed by atoms with Crippen LogP contribution < -0.4 is 9.47 Å². The molecule has 9 heteroatoms. The number of carbonyl (C=O) groups excluding carboxylic acids is 1. The van der Waals surface area contributed by atoms with Gasteiger partial charge in [0.15, 0.2) is 6.61 Å². The van der Waals surface area contributed by atoms with Gasteiger partial charge in [-0.1, -0.05) is 18.2 Å². The molecule has 0 heterocycles. The van der Waals surface area contributed by atoms with E-state index in [2.05, 4.69) is 0 Å². The normalized spacial score (nSPS) is 23.3. The molecule has 9 nitrogen and oxygen atoms in total. The summed E-state index contributed by atoms with van der Waals surface area (Å²) in [6, 6.07) is 11.7. The fourth-order valence-corrected chi connectivity index (χ4v) is 4.66. The predicted molar refractivity (Wildman–Crippen MR) is 108 cm³/mol. The van der Waals surface area contributed by atoms with Gasteiger partial charge in [0, 0.05) is 12.3 Å².